The van der Waals surface area contributed by atoms with Crippen LogP contribution in [0.1, 0.15) is 38.7 Å². The van der Waals surface area contributed by atoms with Crippen LogP contribution in [0.3, 0.4) is 0 Å². The van der Waals surface area contributed by atoms with Crippen LogP contribution in [0.5, 0.6) is 0 Å². The molecule has 1 saturated carbocycles. The minimum atomic E-state index is 0.144. The first-order chi connectivity index (χ1) is 10.1. The second-order valence-electron chi connectivity index (χ2n) is 6.48. The summed E-state index contributed by atoms with van der Waals surface area (Å²) in [6.45, 7) is 4.56. The molecule has 2 aromatic rings. The molecule has 1 aliphatic rings. The van der Waals surface area contributed by atoms with Gasteiger partial charge in [0.1, 0.15) is 0 Å². The van der Waals surface area contributed by atoms with Crippen LogP contribution in [0.25, 0.3) is 10.9 Å². The Morgan fingerprint density at radius 1 is 1.29 bits per heavy atom. The van der Waals surface area contributed by atoms with Crippen LogP contribution in [0.15, 0.2) is 30.5 Å². The lowest BCUT2D eigenvalue weighted by Gasteiger charge is -2.34. The van der Waals surface area contributed by atoms with Crippen LogP contribution in [0, 0.1) is 11.8 Å². The number of H-pyrrole nitrogens is 1. The molecule has 0 saturated heterocycles. The van der Waals surface area contributed by atoms with Crippen molar-refractivity contribution < 1.29 is 4.79 Å². The first kappa shape index (κ1) is 14.2. The summed E-state index contributed by atoms with van der Waals surface area (Å²) in [6, 6.07) is 8.48. The molecule has 21 heavy (non-hydrogen) atoms. The first-order valence-electron chi connectivity index (χ1n) is 7.99. The van der Waals surface area contributed by atoms with E-state index in [-0.39, 0.29) is 5.91 Å². The summed E-state index contributed by atoms with van der Waals surface area (Å²) in [5.74, 6) is 1.42. The second-order valence-corrected chi connectivity index (χ2v) is 6.48. The molecule has 0 unspecified atom stereocenters. The average Bonchev–Trinajstić information content (AvgIpc) is 2.87. The summed E-state index contributed by atoms with van der Waals surface area (Å²) in [7, 11) is 0. The lowest BCUT2D eigenvalue weighted by Crippen LogP contribution is -2.44. The lowest BCUT2D eigenvalue weighted by molar-refractivity contribution is -0.121. The molecule has 3 nitrogen and oxygen atoms in total. The van der Waals surface area contributed by atoms with Crippen LogP contribution in [-0.2, 0) is 11.2 Å². The monoisotopic (exact) mass is 284 g/mol. The Bertz CT molecular complexity index is 631. The smallest absolute Gasteiger partial charge is 0.224 e. The van der Waals surface area contributed by atoms with Gasteiger partial charge >= 0.3 is 0 Å². The van der Waals surface area contributed by atoms with E-state index in [1.807, 2.05) is 24.4 Å². The molecule has 0 bridgehead atoms. The van der Waals surface area contributed by atoms with Crippen LogP contribution < -0.4 is 5.32 Å². The number of fused-ring (bicyclic) bond motifs is 1. The number of hydrogen-bond acceptors (Lipinski definition) is 1. The molecule has 0 aliphatic heterocycles. The van der Waals surface area contributed by atoms with Crippen LogP contribution >= 0.6 is 0 Å². The molecule has 3 heteroatoms. The van der Waals surface area contributed by atoms with Gasteiger partial charge in [-0.2, -0.15) is 0 Å². The number of para-hydroxylation sites is 1. The maximum absolute atomic E-state index is 12.3. The number of carbonyl (C=O) groups excluding carboxylic acids is 1. The van der Waals surface area contributed by atoms with E-state index in [2.05, 4.69) is 30.2 Å². The number of amides is 1. The molecular weight excluding hydrogens is 260 g/mol. The summed E-state index contributed by atoms with van der Waals surface area (Å²) in [5, 5.41) is 4.40. The Morgan fingerprint density at radius 2 is 2.10 bits per heavy atom. The molecule has 3 rings (SSSR count). The summed E-state index contributed by atoms with van der Waals surface area (Å²) in [5.41, 5.74) is 2.18. The quantitative estimate of drug-likeness (QED) is 0.888. The summed E-state index contributed by atoms with van der Waals surface area (Å²) in [6.07, 6.45) is 6.05. The Morgan fingerprint density at radius 3 is 2.95 bits per heavy atom. The van der Waals surface area contributed by atoms with Gasteiger partial charge in [-0.1, -0.05) is 44.9 Å². The third-order valence-corrected chi connectivity index (χ3v) is 5.08. The predicted molar refractivity (Wildman–Crippen MR) is 86.1 cm³/mol. The van der Waals surface area contributed by atoms with Crippen molar-refractivity contribution in [3.8, 4) is 0 Å². The van der Waals surface area contributed by atoms with Crippen molar-refractivity contribution >= 4 is 16.8 Å². The Hall–Kier alpha value is -1.77. The largest absolute Gasteiger partial charge is 0.361 e. The fraction of sp³-hybridized carbons (Fsp3) is 0.500. The molecule has 0 radical (unpaired) electrons. The Kier molecular flexibility index (Phi) is 4.00. The molecule has 2 N–H and O–H groups in total. The molecule has 112 valence electrons. The zero-order valence-corrected chi connectivity index (χ0v) is 12.9. The minimum absolute atomic E-state index is 0.144. The maximum Gasteiger partial charge on any atom is 0.224 e. The van der Waals surface area contributed by atoms with Gasteiger partial charge in [0.2, 0.25) is 5.91 Å². The number of carbonyl (C=O) groups is 1. The van der Waals surface area contributed by atoms with Gasteiger partial charge in [-0.25, -0.2) is 0 Å². The molecule has 3 atom stereocenters. The minimum Gasteiger partial charge on any atom is -0.361 e. The molecular formula is C18H24N2O. The van der Waals surface area contributed by atoms with Crippen molar-refractivity contribution in [1.29, 1.82) is 0 Å². The van der Waals surface area contributed by atoms with E-state index in [9.17, 15) is 4.79 Å². The van der Waals surface area contributed by atoms with Crippen LogP contribution in [0.4, 0.5) is 0 Å². The van der Waals surface area contributed by atoms with Crippen molar-refractivity contribution in [2.75, 3.05) is 0 Å². The molecule has 1 amide bonds. The number of hydrogen-bond donors (Lipinski definition) is 2. The highest BCUT2D eigenvalue weighted by molar-refractivity contribution is 5.88. The molecule has 1 aromatic heterocycles. The van der Waals surface area contributed by atoms with Crippen molar-refractivity contribution in [2.24, 2.45) is 11.8 Å². The van der Waals surface area contributed by atoms with Crippen molar-refractivity contribution in [2.45, 2.75) is 45.6 Å². The number of rotatable bonds is 3. The van der Waals surface area contributed by atoms with Gasteiger partial charge in [0.05, 0.1) is 6.42 Å². The Labute approximate surface area is 126 Å². The zero-order chi connectivity index (χ0) is 14.8. The first-order valence-corrected chi connectivity index (χ1v) is 7.99. The third kappa shape index (κ3) is 2.97. The number of aromatic nitrogens is 1. The normalized spacial score (nSPS) is 25.9. The Balaban J connectivity index is 1.66. The SMILES string of the molecule is C[C@H]1[C@@H](NC(=O)Cc2c[nH]c3ccccc23)CCC[C@@H]1C. The van der Waals surface area contributed by atoms with E-state index in [1.165, 1.54) is 12.8 Å². The maximum atomic E-state index is 12.3. The fourth-order valence-corrected chi connectivity index (χ4v) is 3.49. The van der Waals surface area contributed by atoms with Gasteiger partial charge in [-0.3, -0.25) is 4.79 Å². The topological polar surface area (TPSA) is 44.9 Å². The van der Waals surface area contributed by atoms with Crippen molar-refractivity contribution in [3.05, 3.63) is 36.0 Å². The van der Waals surface area contributed by atoms with E-state index >= 15 is 0 Å². The van der Waals surface area contributed by atoms with Crippen molar-refractivity contribution in [1.82, 2.24) is 10.3 Å². The summed E-state index contributed by atoms with van der Waals surface area (Å²) in [4.78, 5) is 15.6. The van der Waals surface area contributed by atoms with E-state index in [0.717, 1.165) is 22.9 Å². The van der Waals surface area contributed by atoms with Gasteiger partial charge < -0.3 is 10.3 Å². The van der Waals surface area contributed by atoms with Gasteiger partial charge in [-0.05, 0) is 29.9 Å². The number of aromatic amines is 1. The second kappa shape index (κ2) is 5.92. The highest BCUT2D eigenvalue weighted by Crippen LogP contribution is 2.29. The van der Waals surface area contributed by atoms with E-state index in [0.29, 0.717) is 24.3 Å². The molecule has 1 aliphatic carbocycles. The lowest BCUT2D eigenvalue weighted by atomic mass is 9.78. The highest BCUT2D eigenvalue weighted by Gasteiger charge is 2.28. The summed E-state index contributed by atoms with van der Waals surface area (Å²) >= 11 is 0. The number of nitrogens with one attached hydrogen (secondary N) is 2. The van der Waals surface area contributed by atoms with Crippen LogP contribution in [-0.4, -0.2) is 16.9 Å². The van der Waals surface area contributed by atoms with Gasteiger partial charge in [-0.15, -0.1) is 0 Å². The zero-order valence-electron chi connectivity index (χ0n) is 12.9. The van der Waals surface area contributed by atoms with Gasteiger partial charge in [0.15, 0.2) is 0 Å². The molecule has 1 heterocycles. The molecule has 0 spiro atoms. The highest BCUT2D eigenvalue weighted by atomic mass is 16.1. The van der Waals surface area contributed by atoms with Gasteiger partial charge in [0.25, 0.3) is 0 Å². The van der Waals surface area contributed by atoms with E-state index < -0.39 is 0 Å². The fourth-order valence-electron chi connectivity index (χ4n) is 3.49. The van der Waals surface area contributed by atoms with Crippen molar-refractivity contribution in [3.63, 3.8) is 0 Å². The summed E-state index contributed by atoms with van der Waals surface area (Å²) < 4.78 is 0. The third-order valence-electron chi connectivity index (χ3n) is 5.08. The standard InChI is InChI=1S/C18H24N2O/c1-12-6-5-9-16(13(12)2)20-18(21)10-14-11-19-17-8-4-3-7-15(14)17/h3-4,7-8,11-13,16,19H,5-6,9-10H2,1-2H3,(H,20,21)/t12-,13+,16-/m0/s1. The predicted octanol–water partition coefficient (Wildman–Crippen LogP) is 3.65. The molecule has 1 aromatic carbocycles. The van der Waals surface area contributed by atoms with E-state index in [4.69, 9.17) is 0 Å². The number of benzene rings is 1. The van der Waals surface area contributed by atoms with Gasteiger partial charge in [0, 0.05) is 23.1 Å². The van der Waals surface area contributed by atoms with E-state index in [1.54, 1.807) is 0 Å². The molecule has 1 fully saturated rings. The van der Waals surface area contributed by atoms with Crippen LogP contribution in [0.2, 0.25) is 0 Å². The average molecular weight is 284 g/mol.